The molecule has 1 aliphatic rings. The van der Waals surface area contributed by atoms with E-state index >= 15 is 0 Å². The van der Waals surface area contributed by atoms with Crippen molar-refractivity contribution in [1.82, 2.24) is 4.90 Å². The summed E-state index contributed by atoms with van der Waals surface area (Å²) < 4.78 is 38.7. The molecule has 7 heteroatoms. The summed E-state index contributed by atoms with van der Waals surface area (Å²) in [5.74, 6) is 0. The Hall–Kier alpha value is -0.370. The first-order valence-corrected chi connectivity index (χ1v) is 7.48. The first-order valence-electron chi connectivity index (χ1n) is 5.87. The lowest BCUT2D eigenvalue weighted by Crippen LogP contribution is -2.38. The Labute approximate surface area is 122 Å². The van der Waals surface area contributed by atoms with Gasteiger partial charge in [-0.2, -0.15) is 13.2 Å². The minimum Gasteiger partial charge on any atom is -0.329 e. The largest absolute Gasteiger partial charge is 0.412 e. The van der Waals surface area contributed by atoms with Crippen molar-refractivity contribution in [3.05, 3.63) is 32.4 Å². The Kier molecular flexibility index (Phi) is 4.70. The predicted octanol–water partition coefficient (Wildman–Crippen LogP) is 3.70. The lowest BCUT2D eigenvalue weighted by Gasteiger charge is -2.33. The van der Waals surface area contributed by atoms with Crippen LogP contribution in [-0.2, 0) is 0 Å². The van der Waals surface area contributed by atoms with Crippen molar-refractivity contribution in [2.45, 2.75) is 18.6 Å². The van der Waals surface area contributed by atoms with Gasteiger partial charge in [-0.05, 0) is 34.5 Å². The molecule has 2 rings (SSSR count). The maximum absolute atomic E-state index is 12.6. The molecule has 106 valence electrons. The van der Waals surface area contributed by atoms with Crippen molar-refractivity contribution >= 4 is 27.3 Å². The summed E-state index contributed by atoms with van der Waals surface area (Å²) in [6, 6.07) is 3.89. The summed E-state index contributed by atoms with van der Waals surface area (Å²) in [6.07, 6.45) is -2.89. The van der Waals surface area contributed by atoms with E-state index in [9.17, 15) is 13.2 Å². The van der Waals surface area contributed by atoms with E-state index < -0.39 is 11.7 Å². The summed E-state index contributed by atoms with van der Waals surface area (Å²) in [6.45, 7) is 1.09. The van der Waals surface area contributed by atoms with E-state index in [-0.39, 0.29) is 12.5 Å². The Morgan fingerprint density at radius 1 is 1.42 bits per heavy atom. The van der Waals surface area contributed by atoms with Crippen LogP contribution in [0.15, 0.2) is 27.6 Å². The highest BCUT2D eigenvalue weighted by atomic mass is 79.9. The van der Waals surface area contributed by atoms with Gasteiger partial charge in [-0.3, -0.25) is 4.90 Å². The molecule has 1 atom stereocenters. The molecule has 0 bridgehead atoms. The minimum atomic E-state index is -4.20. The summed E-state index contributed by atoms with van der Waals surface area (Å²) in [5, 5.41) is 0. The van der Waals surface area contributed by atoms with Crippen LogP contribution in [0.25, 0.3) is 0 Å². The summed E-state index contributed by atoms with van der Waals surface area (Å²) >= 11 is 4.96. The predicted molar refractivity (Wildman–Crippen MR) is 74.1 cm³/mol. The van der Waals surface area contributed by atoms with Crippen LogP contribution in [-0.4, -0.2) is 30.7 Å². The van der Waals surface area contributed by atoms with Gasteiger partial charge in [0.05, 0.1) is 9.83 Å². The molecule has 0 fully saturated rings. The lowest BCUT2D eigenvalue weighted by atomic mass is 10.1. The van der Waals surface area contributed by atoms with Crippen LogP contribution < -0.4 is 5.73 Å². The summed E-state index contributed by atoms with van der Waals surface area (Å²) in [7, 11) is 0. The first-order chi connectivity index (χ1) is 8.91. The number of rotatable bonds is 3. The smallest absolute Gasteiger partial charge is 0.329 e. The molecule has 1 aromatic heterocycles. The van der Waals surface area contributed by atoms with E-state index in [1.54, 1.807) is 11.3 Å². The topological polar surface area (TPSA) is 29.3 Å². The Bertz CT molecular complexity index is 470. The number of hydrogen-bond donors (Lipinski definition) is 1. The second kappa shape index (κ2) is 5.95. The molecule has 1 aromatic rings. The van der Waals surface area contributed by atoms with Gasteiger partial charge in [0.2, 0.25) is 0 Å². The third kappa shape index (κ3) is 3.59. The fourth-order valence-corrected chi connectivity index (χ4v) is 3.75. The maximum atomic E-state index is 12.6. The molecule has 0 saturated carbocycles. The number of alkyl halides is 3. The van der Waals surface area contributed by atoms with Crippen molar-refractivity contribution in [1.29, 1.82) is 0 Å². The SMILES string of the molecule is NCC(c1ccc(Br)s1)N1CC=C(C(F)(F)F)CC1. The normalized spacial score (nSPS) is 19.3. The maximum Gasteiger partial charge on any atom is 0.412 e. The quantitative estimate of drug-likeness (QED) is 0.838. The molecule has 0 saturated heterocycles. The number of halogens is 4. The molecular weight excluding hydrogens is 341 g/mol. The highest BCUT2D eigenvalue weighted by molar-refractivity contribution is 9.11. The number of nitrogens with zero attached hydrogens (tertiary/aromatic N) is 1. The Morgan fingerprint density at radius 3 is 2.58 bits per heavy atom. The van der Waals surface area contributed by atoms with Gasteiger partial charge >= 0.3 is 6.18 Å². The summed E-state index contributed by atoms with van der Waals surface area (Å²) in [4.78, 5) is 3.08. The van der Waals surface area contributed by atoms with Gasteiger partial charge in [-0.25, -0.2) is 0 Å². The van der Waals surface area contributed by atoms with Gasteiger partial charge in [0.25, 0.3) is 0 Å². The Morgan fingerprint density at radius 2 is 2.16 bits per heavy atom. The fourth-order valence-electron chi connectivity index (χ4n) is 2.18. The van der Waals surface area contributed by atoms with E-state index in [1.165, 1.54) is 6.08 Å². The molecular formula is C12H14BrF3N2S. The summed E-state index contributed by atoms with van der Waals surface area (Å²) in [5.41, 5.74) is 5.35. The minimum absolute atomic E-state index is 0.0117. The second-order valence-electron chi connectivity index (χ2n) is 4.37. The highest BCUT2D eigenvalue weighted by Gasteiger charge is 2.35. The van der Waals surface area contributed by atoms with Gasteiger partial charge in [-0.1, -0.05) is 6.08 Å². The van der Waals surface area contributed by atoms with E-state index in [0.717, 1.165) is 8.66 Å². The van der Waals surface area contributed by atoms with Gasteiger partial charge < -0.3 is 5.73 Å². The monoisotopic (exact) mass is 354 g/mol. The second-order valence-corrected chi connectivity index (χ2v) is 6.86. The van der Waals surface area contributed by atoms with Crippen LogP contribution in [0.2, 0.25) is 0 Å². The molecule has 2 N–H and O–H groups in total. The third-order valence-electron chi connectivity index (χ3n) is 3.19. The number of thiophene rings is 1. The van der Waals surface area contributed by atoms with Gasteiger partial charge in [0, 0.05) is 30.1 Å². The van der Waals surface area contributed by atoms with Crippen molar-refractivity contribution in [2.75, 3.05) is 19.6 Å². The average Bonchev–Trinajstić information content (AvgIpc) is 2.76. The van der Waals surface area contributed by atoms with Gasteiger partial charge in [-0.15, -0.1) is 11.3 Å². The molecule has 2 heterocycles. The van der Waals surface area contributed by atoms with Crippen molar-refractivity contribution in [2.24, 2.45) is 5.73 Å². The van der Waals surface area contributed by atoms with E-state index in [1.807, 2.05) is 17.0 Å². The number of nitrogens with two attached hydrogens (primary N) is 1. The molecule has 1 aliphatic heterocycles. The third-order valence-corrected chi connectivity index (χ3v) is 4.92. The van der Waals surface area contributed by atoms with Crippen LogP contribution in [0.1, 0.15) is 17.3 Å². The fraction of sp³-hybridized carbons (Fsp3) is 0.500. The molecule has 0 radical (unpaired) electrons. The molecule has 0 aliphatic carbocycles. The lowest BCUT2D eigenvalue weighted by molar-refractivity contribution is -0.0963. The van der Waals surface area contributed by atoms with Crippen LogP contribution >= 0.6 is 27.3 Å². The van der Waals surface area contributed by atoms with Crippen LogP contribution in [0.5, 0.6) is 0 Å². The van der Waals surface area contributed by atoms with Gasteiger partial charge in [0.15, 0.2) is 0 Å². The van der Waals surface area contributed by atoms with Crippen LogP contribution in [0.4, 0.5) is 13.2 Å². The van der Waals surface area contributed by atoms with Crippen molar-refractivity contribution in [3.63, 3.8) is 0 Å². The first kappa shape index (κ1) is 15.0. The zero-order valence-electron chi connectivity index (χ0n) is 10.1. The average molecular weight is 355 g/mol. The van der Waals surface area contributed by atoms with E-state index in [2.05, 4.69) is 15.9 Å². The van der Waals surface area contributed by atoms with E-state index in [4.69, 9.17) is 5.73 Å². The number of hydrogen-bond acceptors (Lipinski definition) is 3. The van der Waals surface area contributed by atoms with Crippen LogP contribution in [0, 0.1) is 0 Å². The Balaban J connectivity index is 2.09. The van der Waals surface area contributed by atoms with Gasteiger partial charge in [0.1, 0.15) is 0 Å². The standard InChI is InChI=1S/C12H14BrF3N2S/c13-11-2-1-10(19-11)9(7-17)18-5-3-8(4-6-18)12(14,15)16/h1-3,9H,4-7,17H2. The molecule has 2 nitrogen and oxygen atoms in total. The van der Waals surface area contributed by atoms with Crippen LogP contribution in [0.3, 0.4) is 0 Å². The van der Waals surface area contributed by atoms with Crippen molar-refractivity contribution < 1.29 is 13.2 Å². The molecule has 0 amide bonds. The van der Waals surface area contributed by atoms with E-state index in [0.29, 0.717) is 19.6 Å². The molecule has 0 spiro atoms. The molecule has 1 unspecified atom stereocenters. The zero-order chi connectivity index (χ0) is 14.0. The molecule has 19 heavy (non-hydrogen) atoms. The van der Waals surface area contributed by atoms with Crippen molar-refractivity contribution in [3.8, 4) is 0 Å². The molecule has 0 aromatic carbocycles. The zero-order valence-corrected chi connectivity index (χ0v) is 12.5. The highest BCUT2D eigenvalue weighted by Crippen LogP contribution is 2.34.